The van der Waals surface area contributed by atoms with Gasteiger partial charge in [-0.3, -0.25) is 14.4 Å². The van der Waals surface area contributed by atoms with E-state index in [2.05, 4.69) is 5.32 Å². The zero-order valence-electron chi connectivity index (χ0n) is 20.7. The van der Waals surface area contributed by atoms with E-state index in [1.807, 2.05) is 45.9 Å². The van der Waals surface area contributed by atoms with Crippen LogP contribution in [0.3, 0.4) is 0 Å². The van der Waals surface area contributed by atoms with Crippen molar-refractivity contribution >= 4 is 35.2 Å². The highest BCUT2D eigenvalue weighted by molar-refractivity contribution is 8.02. The van der Waals surface area contributed by atoms with Crippen LogP contribution in [0.15, 0.2) is 18.2 Å². The average Bonchev–Trinajstić information content (AvgIpc) is 3.44. The van der Waals surface area contributed by atoms with Crippen LogP contribution >= 0.6 is 11.8 Å². The summed E-state index contributed by atoms with van der Waals surface area (Å²) >= 11 is 1.62. The number of hydrogen-bond donors (Lipinski definition) is 2. The summed E-state index contributed by atoms with van der Waals surface area (Å²) < 4.78 is 4.68. The van der Waals surface area contributed by atoms with E-state index in [1.165, 1.54) is 0 Å². The van der Waals surface area contributed by atoms with E-state index in [0.717, 1.165) is 29.7 Å². The molecule has 3 aliphatic heterocycles. The van der Waals surface area contributed by atoms with E-state index in [4.69, 9.17) is 4.74 Å². The van der Waals surface area contributed by atoms with Crippen molar-refractivity contribution < 1.29 is 24.2 Å². The number of benzene rings is 1. The van der Waals surface area contributed by atoms with E-state index in [1.54, 1.807) is 23.6 Å². The van der Waals surface area contributed by atoms with Crippen LogP contribution in [0.2, 0.25) is 0 Å². The van der Waals surface area contributed by atoms with Gasteiger partial charge in [0.15, 0.2) is 0 Å². The van der Waals surface area contributed by atoms with Crippen LogP contribution in [0.5, 0.6) is 0 Å². The van der Waals surface area contributed by atoms with Gasteiger partial charge in [0, 0.05) is 10.9 Å². The van der Waals surface area contributed by atoms with Gasteiger partial charge in [-0.25, -0.2) is 0 Å². The number of rotatable bonds is 8. The molecule has 0 radical (unpaired) electrons. The quantitative estimate of drug-likeness (QED) is 0.545. The molecule has 2 bridgehead atoms. The molecule has 2 unspecified atom stereocenters. The number of likely N-dealkylation sites (tertiary alicyclic amines) is 1. The van der Waals surface area contributed by atoms with Crippen molar-refractivity contribution in [2.45, 2.75) is 76.0 Å². The first-order chi connectivity index (χ1) is 16.2. The second kappa shape index (κ2) is 9.53. The van der Waals surface area contributed by atoms with Gasteiger partial charge in [-0.1, -0.05) is 32.4 Å². The number of nitrogens with zero attached hydrogens (tertiary/aromatic N) is 1. The van der Waals surface area contributed by atoms with E-state index >= 15 is 0 Å². The molecule has 34 heavy (non-hydrogen) atoms. The lowest BCUT2D eigenvalue weighted by Gasteiger charge is -2.39. The highest BCUT2D eigenvalue weighted by atomic mass is 32.2. The maximum Gasteiger partial charge on any atom is 0.310 e. The predicted molar refractivity (Wildman–Crippen MR) is 132 cm³/mol. The molecule has 186 valence electrons. The van der Waals surface area contributed by atoms with Crippen LogP contribution in [-0.4, -0.2) is 63.1 Å². The molecular weight excluding hydrogens is 452 g/mol. The number of nitrogens with one attached hydrogen (secondary N) is 1. The maximum atomic E-state index is 14.0. The Hall–Kier alpha value is -2.06. The Labute approximate surface area is 206 Å². The number of carbonyl (C=O) groups excluding carboxylic acids is 3. The van der Waals surface area contributed by atoms with E-state index in [9.17, 15) is 19.5 Å². The van der Waals surface area contributed by atoms with E-state index in [0.29, 0.717) is 6.42 Å². The number of thioether (sulfide) groups is 1. The van der Waals surface area contributed by atoms with Gasteiger partial charge in [-0.2, -0.15) is 0 Å². The lowest BCUT2D eigenvalue weighted by Crippen LogP contribution is -2.56. The molecule has 0 saturated carbocycles. The fourth-order valence-corrected chi connectivity index (χ4v) is 8.33. The van der Waals surface area contributed by atoms with Crippen LogP contribution in [0.25, 0.3) is 0 Å². The fourth-order valence-electron chi connectivity index (χ4n) is 6.14. The third-order valence-corrected chi connectivity index (χ3v) is 9.99. The third kappa shape index (κ3) is 3.83. The van der Waals surface area contributed by atoms with Gasteiger partial charge >= 0.3 is 5.97 Å². The minimum atomic E-state index is -0.759. The van der Waals surface area contributed by atoms with Crippen LogP contribution in [0, 0.1) is 31.6 Å². The minimum absolute atomic E-state index is 0.00317. The summed E-state index contributed by atoms with van der Waals surface area (Å²) in [5.41, 5.74) is 2.70. The number of aliphatic hydroxyl groups excluding tert-OH is 1. The Balaban J connectivity index is 1.77. The Kier molecular flexibility index (Phi) is 7.02. The first kappa shape index (κ1) is 25.0. The molecule has 3 saturated heterocycles. The Bertz CT molecular complexity index is 984. The summed E-state index contributed by atoms with van der Waals surface area (Å²) in [4.78, 5) is 42.6. The van der Waals surface area contributed by atoms with E-state index in [-0.39, 0.29) is 42.2 Å². The Morgan fingerprint density at radius 1 is 1.32 bits per heavy atom. The average molecular weight is 489 g/mol. The molecule has 3 fully saturated rings. The summed E-state index contributed by atoms with van der Waals surface area (Å²) in [6.07, 6.45) is 2.22. The van der Waals surface area contributed by atoms with Gasteiger partial charge in [0.25, 0.3) is 0 Å². The number of fused-ring (bicyclic) bond motifs is 1. The van der Waals surface area contributed by atoms with Gasteiger partial charge in [0.1, 0.15) is 6.04 Å². The number of ether oxygens (including phenoxy) is 1. The molecule has 1 aromatic rings. The molecule has 8 heteroatoms. The molecular formula is C26H36N2O5S. The molecule has 3 heterocycles. The number of esters is 1. The highest BCUT2D eigenvalue weighted by Crippen LogP contribution is 2.67. The van der Waals surface area contributed by atoms with Crippen molar-refractivity contribution in [1.82, 2.24) is 4.90 Å². The smallest absolute Gasteiger partial charge is 0.310 e. The zero-order valence-corrected chi connectivity index (χ0v) is 21.5. The van der Waals surface area contributed by atoms with Crippen LogP contribution in [0.4, 0.5) is 5.69 Å². The summed E-state index contributed by atoms with van der Waals surface area (Å²) in [7, 11) is 0. The predicted octanol–water partition coefficient (Wildman–Crippen LogP) is 3.30. The van der Waals surface area contributed by atoms with Gasteiger partial charge in [-0.15, -0.1) is 11.8 Å². The monoisotopic (exact) mass is 488 g/mol. The Morgan fingerprint density at radius 2 is 2.06 bits per heavy atom. The van der Waals surface area contributed by atoms with Crippen molar-refractivity contribution in [3.05, 3.63) is 29.3 Å². The SMILES string of the molecule is CCOC(=O)[C@@H]1[C@@H]2CCC3(S2)C(C(=O)Nc2cc(C)ccc2C)N([C@@H](CO)[C@@H](C)CC)C(=O)[C@H]13. The first-order valence-corrected chi connectivity index (χ1v) is 13.2. The number of aryl methyl sites for hydroxylation is 2. The molecule has 7 nitrogen and oxygen atoms in total. The summed E-state index contributed by atoms with van der Waals surface area (Å²) in [6, 6.07) is 4.64. The zero-order chi connectivity index (χ0) is 24.8. The van der Waals surface area contributed by atoms with Crippen LogP contribution in [-0.2, 0) is 19.1 Å². The molecule has 2 amide bonds. The van der Waals surface area contributed by atoms with Crippen LogP contribution < -0.4 is 5.32 Å². The molecule has 0 aromatic heterocycles. The van der Waals surface area contributed by atoms with Crippen molar-refractivity contribution in [1.29, 1.82) is 0 Å². The van der Waals surface area contributed by atoms with Gasteiger partial charge < -0.3 is 20.1 Å². The summed E-state index contributed by atoms with van der Waals surface area (Å²) in [5.74, 6) is -1.95. The molecule has 1 aromatic carbocycles. The maximum absolute atomic E-state index is 14.0. The molecule has 7 atom stereocenters. The van der Waals surface area contributed by atoms with Gasteiger partial charge in [0.05, 0.1) is 35.8 Å². The number of carbonyl (C=O) groups is 3. The molecule has 3 aliphatic rings. The lowest BCUT2D eigenvalue weighted by atomic mass is 9.71. The number of amides is 2. The topological polar surface area (TPSA) is 95.9 Å². The number of anilines is 1. The van der Waals surface area contributed by atoms with Crippen molar-refractivity contribution in [2.24, 2.45) is 17.8 Å². The standard InChI is InChI=1S/C26H36N2O5S/c1-6-15(4)18(13-29)28-22(23(30)27-17-12-14(3)8-9-16(17)5)26-11-10-19(34-26)20(21(26)24(28)31)25(32)33-7-2/h8-9,12,15,18-22,29H,6-7,10-11,13H2,1-5H3,(H,27,30)/t15-,18-,19-,20+,21-,22?,26?/m0/s1. The largest absolute Gasteiger partial charge is 0.466 e. The second-order valence-corrected chi connectivity index (χ2v) is 11.6. The number of aliphatic hydroxyl groups is 1. The van der Waals surface area contributed by atoms with Crippen molar-refractivity contribution in [3.8, 4) is 0 Å². The summed E-state index contributed by atoms with van der Waals surface area (Å²) in [6.45, 7) is 9.71. The van der Waals surface area contributed by atoms with Gasteiger partial charge in [0.2, 0.25) is 11.8 Å². The molecule has 2 N–H and O–H groups in total. The van der Waals surface area contributed by atoms with E-state index < -0.39 is 28.7 Å². The van der Waals surface area contributed by atoms with Crippen molar-refractivity contribution in [2.75, 3.05) is 18.5 Å². The molecule has 1 spiro atoms. The molecule has 4 rings (SSSR count). The fraction of sp³-hybridized carbons (Fsp3) is 0.654. The number of hydrogen-bond acceptors (Lipinski definition) is 6. The van der Waals surface area contributed by atoms with Gasteiger partial charge in [-0.05, 0) is 56.7 Å². The minimum Gasteiger partial charge on any atom is -0.466 e. The third-order valence-electron chi connectivity index (χ3n) is 8.04. The lowest BCUT2D eigenvalue weighted by molar-refractivity contribution is -0.154. The van der Waals surface area contributed by atoms with Crippen molar-refractivity contribution in [3.63, 3.8) is 0 Å². The highest BCUT2D eigenvalue weighted by Gasteiger charge is 2.74. The van der Waals surface area contributed by atoms with Crippen LogP contribution in [0.1, 0.15) is 51.2 Å². The summed E-state index contributed by atoms with van der Waals surface area (Å²) in [5, 5.41) is 13.4. The second-order valence-electron chi connectivity index (χ2n) is 10.00. The first-order valence-electron chi connectivity index (χ1n) is 12.4. The molecule has 0 aliphatic carbocycles. The Morgan fingerprint density at radius 3 is 2.71 bits per heavy atom. The normalized spacial score (nSPS) is 31.4.